The molecule has 0 saturated carbocycles. The fourth-order valence-electron chi connectivity index (χ4n) is 4.92. The molecule has 2 aliphatic rings. The number of hydrogen-bond acceptors (Lipinski definition) is 4. The lowest BCUT2D eigenvalue weighted by Crippen LogP contribution is -2.49. The third-order valence-electron chi connectivity index (χ3n) is 6.82. The molecule has 8 nitrogen and oxygen atoms in total. The normalized spacial score (nSPS) is 20.1. The molecule has 3 heterocycles. The zero-order chi connectivity index (χ0) is 23.5. The number of aromatic nitrogens is 2. The number of H-pyrrole nitrogens is 1. The van der Waals surface area contributed by atoms with Crippen molar-refractivity contribution in [2.24, 2.45) is 5.92 Å². The molecule has 9 heteroatoms. The molecule has 1 atom stereocenters. The molecule has 34 heavy (non-hydrogen) atoms. The lowest BCUT2D eigenvalue weighted by atomic mass is 9.98. The highest BCUT2D eigenvalue weighted by Crippen LogP contribution is 2.26. The molecule has 0 aliphatic carbocycles. The predicted octanol–water partition coefficient (Wildman–Crippen LogP) is 3.34. The van der Waals surface area contributed by atoms with Crippen LogP contribution in [0.3, 0.4) is 0 Å². The lowest BCUT2D eigenvalue weighted by Gasteiger charge is -2.33. The van der Waals surface area contributed by atoms with Gasteiger partial charge in [0.2, 0.25) is 5.91 Å². The first-order valence-corrected chi connectivity index (χ1v) is 13.5. The molecule has 2 aromatic carbocycles. The van der Waals surface area contributed by atoms with Crippen LogP contribution in [-0.4, -0.2) is 59.1 Å². The minimum atomic E-state index is -3.48. The largest absolute Gasteiger partial charge is 0.342 e. The number of fused-ring (bicyclic) bond motifs is 1. The monoisotopic (exact) mass is 481 g/mol. The first kappa shape index (κ1) is 23.0. The van der Waals surface area contributed by atoms with Crippen LogP contribution in [0.4, 0.5) is 5.69 Å². The molecule has 0 bridgehead atoms. The second kappa shape index (κ2) is 9.85. The van der Waals surface area contributed by atoms with Crippen molar-refractivity contribution < 1.29 is 13.2 Å². The van der Waals surface area contributed by atoms with Crippen LogP contribution in [0.15, 0.2) is 48.5 Å². The highest BCUT2D eigenvalue weighted by atomic mass is 32.2. The average Bonchev–Trinajstić information content (AvgIpc) is 3.54. The van der Waals surface area contributed by atoms with Gasteiger partial charge in [-0.15, -0.1) is 0 Å². The highest BCUT2D eigenvalue weighted by Gasteiger charge is 2.36. The standard InChI is InChI=1S/C25H31N5O3S/c31-25(20-9-7-17-30(18-20)34(32,33)29-15-5-6-16-29)28-21-10-2-1-8-19(21)13-14-24-26-22-11-3-4-12-23(22)27-24/h1-4,8,10-12,20H,5-7,9,13-18H2,(H,26,27)(H,28,31). The summed E-state index contributed by atoms with van der Waals surface area (Å²) in [6.45, 7) is 1.88. The molecule has 1 aromatic heterocycles. The quantitative estimate of drug-likeness (QED) is 0.541. The number of amides is 1. The van der Waals surface area contributed by atoms with Gasteiger partial charge in [-0.1, -0.05) is 30.3 Å². The summed E-state index contributed by atoms with van der Waals surface area (Å²) in [5.74, 6) is 0.449. The van der Waals surface area contributed by atoms with Gasteiger partial charge < -0.3 is 10.3 Å². The maximum Gasteiger partial charge on any atom is 0.281 e. The number of aromatic amines is 1. The summed E-state index contributed by atoms with van der Waals surface area (Å²) in [4.78, 5) is 21.1. The van der Waals surface area contributed by atoms with Crippen molar-refractivity contribution >= 4 is 32.8 Å². The fourth-order valence-corrected chi connectivity index (χ4v) is 6.69. The summed E-state index contributed by atoms with van der Waals surface area (Å²) in [7, 11) is -3.48. The van der Waals surface area contributed by atoms with E-state index in [-0.39, 0.29) is 18.4 Å². The summed E-state index contributed by atoms with van der Waals surface area (Å²) in [6, 6.07) is 15.8. The number of aryl methyl sites for hydroxylation is 2. The topological polar surface area (TPSA) is 98.4 Å². The molecule has 5 rings (SSSR count). The van der Waals surface area contributed by atoms with Gasteiger partial charge in [0, 0.05) is 38.3 Å². The number of piperidine rings is 1. The van der Waals surface area contributed by atoms with E-state index in [4.69, 9.17) is 0 Å². The van der Waals surface area contributed by atoms with Gasteiger partial charge in [-0.2, -0.15) is 17.0 Å². The summed E-state index contributed by atoms with van der Waals surface area (Å²) in [6.07, 6.45) is 4.66. The van der Waals surface area contributed by atoms with Crippen molar-refractivity contribution in [2.45, 2.75) is 38.5 Å². The number of rotatable bonds is 7. The SMILES string of the molecule is O=C(Nc1ccccc1CCc1nc2ccccc2[nH]1)C1CCCN(S(=O)(=O)N2CCCC2)C1. The number of nitrogens with one attached hydrogen (secondary N) is 2. The Morgan fingerprint density at radius 3 is 2.53 bits per heavy atom. The third kappa shape index (κ3) is 4.87. The van der Waals surface area contributed by atoms with Crippen molar-refractivity contribution in [3.63, 3.8) is 0 Å². The van der Waals surface area contributed by atoms with Crippen molar-refractivity contribution in [3.8, 4) is 0 Å². The van der Waals surface area contributed by atoms with E-state index < -0.39 is 10.2 Å². The molecule has 1 amide bonds. The number of hydrogen-bond donors (Lipinski definition) is 2. The van der Waals surface area contributed by atoms with Crippen molar-refractivity contribution in [2.75, 3.05) is 31.5 Å². The van der Waals surface area contributed by atoms with Gasteiger partial charge in [-0.25, -0.2) is 4.98 Å². The van der Waals surface area contributed by atoms with E-state index in [2.05, 4.69) is 15.3 Å². The number of imidazole rings is 1. The number of anilines is 1. The Kier molecular flexibility index (Phi) is 6.67. The summed E-state index contributed by atoms with van der Waals surface area (Å²) >= 11 is 0. The van der Waals surface area contributed by atoms with Crippen LogP contribution >= 0.6 is 0 Å². The molecule has 2 N–H and O–H groups in total. The lowest BCUT2D eigenvalue weighted by molar-refractivity contribution is -0.120. The van der Waals surface area contributed by atoms with Crippen LogP contribution in [-0.2, 0) is 27.8 Å². The molecule has 2 fully saturated rings. The van der Waals surface area contributed by atoms with Crippen LogP contribution in [0.1, 0.15) is 37.1 Å². The molecule has 2 aliphatic heterocycles. The van der Waals surface area contributed by atoms with Crippen LogP contribution < -0.4 is 5.32 Å². The van der Waals surface area contributed by atoms with E-state index in [0.717, 1.165) is 53.8 Å². The van der Waals surface area contributed by atoms with Gasteiger partial charge in [-0.05, 0) is 55.9 Å². The van der Waals surface area contributed by atoms with Crippen molar-refractivity contribution in [1.82, 2.24) is 18.6 Å². The van der Waals surface area contributed by atoms with Crippen LogP contribution in [0.5, 0.6) is 0 Å². The Bertz CT molecular complexity index is 1230. The first-order valence-electron chi connectivity index (χ1n) is 12.1. The van der Waals surface area contributed by atoms with E-state index in [1.54, 1.807) is 4.31 Å². The molecule has 1 unspecified atom stereocenters. The Balaban J connectivity index is 1.24. The van der Waals surface area contributed by atoms with Crippen molar-refractivity contribution in [1.29, 1.82) is 0 Å². The van der Waals surface area contributed by atoms with Gasteiger partial charge in [-0.3, -0.25) is 4.79 Å². The zero-order valence-corrected chi connectivity index (χ0v) is 20.1. The molecular formula is C25H31N5O3S. The summed E-state index contributed by atoms with van der Waals surface area (Å²) in [5, 5.41) is 3.08. The molecular weight excluding hydrogens is 450 g/mol. The van der Waals surface area contributed by atoms with Crippen LogP contribution in [0.25, 0.3) is 11.0 Å². The summed E-state index contributed by atoms with van der Waals surface area (Å²) < 4.78 is 29.0. The third-order valence-corrected chi connectivity index (χ3v) is 8.82. The number of nitrogens with zero attached hydrogens (tertiary/aromatic N) is 3. The number of carbonyl (C=O) groups excluding carboxylic acids is 1. The van der Waals surface area contributed by atoms with Gasteiger partial charge in [0.1, 0.15) is 5.82 Å². The smallest absolute Gasteiger partial charge is 0.281 e. The van der Waals surface area contributed by atoms with Crippen LogP contribution in [0.2, 0.25) is 0 Å². The second-order valence-corrected chi connectivity index (χ2v) is 11.1. The Morgan fingerprint density at radius 1 is 0.971 bits per heavy atom. The number of benzene rings is 2. The maximum atomic E-state index is 13.1. The molecule has 3 aromatic rings. The fraction of sp³-hybridized carbons (Fsp3) is 0.440. The zero-order valence-electron chi connectivity index (χ0n) is 19.2. The van der Waals surface area contributed by atoms with E-state index >= 15 is 0 Å². The Labute approximate surface area is 200 Å². The van der Waals surface area contributed by atoms with E-state index in [1.165, 1.54) is 4.31 Å². The van der Waals surface area contributed by atoms with Gasteiger partial charge in [0.25, 0.3) is 10.2 Å². The Hall–Kier alpha value is -2.75. The average molecular weight is 482 g/mol. The van der Waals surface area contributed by atoms with Gasteiger partial charge in [0.05, 0.1) is 17.0 Å². The van der Waals surface area contributed by atoms with Gasteiger partial charge in [0.15, 0.2) is 0 Å². The van der Waals surface area contributed by atoms with Crippen molar-refractivity contribution in [3.05, 3.63) is 59.9 Å². The molecule has 2 saturated heterocycles. The van der Waals surface area contributed by atoms with Crippen LogP contribution in [0, 0.1) is 5.92 Å². The first-order chi connectivity index (χ1) is 16.5. The molecule has 180 valence electrons. The van der Waals surface area contributed by atoms with E-state index in [9.17, 15) is 13.2 Å². The molecule has 0 radical (unpaired) electrons. The highest BCUT2D eigenvalue weighted by molar-refractivity contribution is 7.86. The van der Waals surface area contributed by atoms with Gasteiger partial charge >= 0.3 is 0 Å². The number of para-hydroxylation sites is 3. The summed E-state index contributed by atoms with van der Waals surface area (Å²) in [5.41, 5.74) is 3.78. The molecule has 0 spiro atoms. The predicted molar refractivity (Wildman–Crippen MR) is 133 cm³/mol. The second-order valence-electron chi connectivity index (χ2n) is 9.16. The minimum absolute atomic E-state index is 0.113. The maximum absolute atomic E-state index is 13.1. The van der Waals surface area contributed by atoms with E-state index in [1.807, 2.05) is 48.5 Å². The minimum Gasteiger partial charge on any atom is -0.342 e. The number of carbonyl (C=O) groups is 1. The Morgan fingerprint density at radius 2 is 1.71 bits per heavy atom. The van der Waals surface area contributed by atoms with E-state index in [0.29, 0.717) is 32.5 Å².